The fourth-order valence-corrected chi connectivity index (χ4v) is 4.52. The van der Waals surface area contributed by atoms with E-state index in [1.54, 1.807) is 41.3 Å². The number of nitrogens with zero attached hydrogens (tertiary/aromatic N) is 1. The molecule has 3 rings (SSSR count). The summed E-state index contributed by atoms with van der Waals surface area (Å²) in [5.41, 5.74) is 1.48. The van der Waals surface area contributed by atoms with Gasteiger partial charge in [0.15, 0.2) is 0 Å². The molecule has 0 unspecified atom stereocenters. The largest absolute Gasteiger partial charge is 0.465 e. The van der Waals surface area contributed by atoms with Crippen LogP contribution in [0.5, 0.6) is 0 Å². The summed E-state index contributed by atoms with van der Waals surface area (Å²) in [7, 11) is -2.47. The first-order chi connectivity index (χ1) is 13.9. The summed E-state index contributed by atoms with van der Waals surface area (Å²) >= 11 is 0. The van der Waals surface area contributed by atoms with E-state index in [0.717, 1.165) is 19.3 Å². The first kappa shape index (κ1) is 20.9. The molecular formula is C21H24N2O5S. The second kappa shape index (κ2) is 9.09. The Morgan fingerprint density at radius 2 is 1.66 bits per heavy atom. The number of amides is 1. The lowest BCUT2D eigenvalue weighted by Crippen LogP contribution is -2.36. The van der Waals surface area contributed by atoms with Crippen molar-refractivity contribution in [3.05, 3.63) is 65.2 Å². The van der Waals surface area contributed by atoms with Gasteiger partial charge >= 0.3 is 5.97 Å². The molecule has 0 aliphatic carbocycles. The first-order valence-electron chi connectivity index (χ1n) is 9.46. The number of methoxy groups -OCH3 is 1. The van der Waals surface area contributed by atoms with Crippen LogP contribution in [0, 0.1) is 0 Å². The Bertz CT molecular complexity index is 980. The topological polar surface area (TPSA) is 92.8 Å². The summed E-state index contributed by atoms with van der Waals surface area (Å²) < 4.78 is 32.5. The molecule has 1 aliphatic rings. The number of carbonyl (C=O) groups excluding carboxylic acids is 2. The number of esters is 1. The van der Waals surface area contributed by atoms with E-state index in [1.807, 2.05) is 0 Å². The molecular weight excluding hydrogens is 392 g/mol. The smallest absolute Gasteiger partial charge is 0.337 e. The molecule has 7 nitrogen and oxygen atoms in total. The molecule has 1 aliphatic heterocycles. The zero-order valence-corrected chi connectivity index (χ0v) is 17.1. The molecule has 0 bridgehead atoms. The van der Waals surface area contributed by atoms with Crippen molar-refractivity contribution in [2.45, 2.75) is 25.0 Å². The van der Waals surface area contributed by atoms with Crippen LogP contribution in [0.4, 0.5) is 5.69 Å². The summed E-state index contributed by atoms with van der Waals surface area (Å²) in [5, 5.41) is 0. The zero-order chi connectivity index (χ0) is 20.9. The van der Waals surface area contributed by atoms with Gasteiger partial charge in [-0.3, -0.25) is 9.52 Å². The summed E-state index contributed by atoms with van der Waals surface area (Å²) in [6.07, 6.45) is 3.02. The molecule has 0 atom stereocenters. The molecule has 1 fully saturated rings. The number of hydrogen-bond donors (Lipinski definition) is 1. The summed E-state index contributed by atoms with van der Waals surface area (Å²) in [4.78, 5) is 26.1. The van der Waals surface area contributed by atoms with Gasteiger partial charge in [0.1, 0.15) is 0 Å². The zero-order valence-electron chi connectivity index (χ0n) is 16.3. The maximum Gasteiger partial charge on any atom is 0.337 e. The lowest BCUT2D eigenvalue weighted by Gasteiger charge is -2.27. The summed E-state index contributed by atoms with van der Waals surface area (Å²) in [6, 6.07) is 12.8. The predicted octanol–water partition coefficient (Wildman–Crippen LogP) is 3.04. The van der Waals surface area contributed by atoms with Crippen molar-refractivity contribution in [2.75, 3.05) is 24.9 Å². The fraction of sp³-hybridized carbons (Fsp3) is 0.333. The van der Waals surface area contributed by atoms with Gasteiger partial charge < -0.3 is 9.64 Å². The molecule has 1 heterocycles. The van der Waals surface area contributed by atoms with Gasteiger partial charge in [0.05, 0.1) is 29.7 Å². The number of carbonyl (C=O) groups is 2. The number of ether oxygens (including phenoxy) is 1. The van der Waals surface area contributed by atoms with Crippen molar-refractivity contribution in [2.24, 2.45) is 0 Å². The lowest BCUT2D eigenvalue weighted by molar-refractivity contribution is 0.0600. The molecule has 1 N–H and O–H groups in total. The van der Waals surface area contributed by atoms with E-state index in [4.69, 9.17) is 0 Å². The second-order valence-electron chi connectivity index (χ2n) is 6.95. The number of anilines is 1. The molecule has 1 saturated heterocycles. The molecule has 154 valence electrons. The Balaban J connectivity index is 1.75. The SMILES string of the molecule is COC(=O)c1ccc(CS(=O)(=O)Nc2ccccc2C(=O)N2CCCCC2)cc1. The van der Waals surface area contributed by atoms with Gasteiger partial charge in [0.25, 0.3) is 5.91 Å². The molecule has 0 radical (unpaired) electrons. The molecule has 8 heteroatoms. The molecule has 0 spiro atoms. The fourth-order valence-electron chi connectivity index (χ4n) is 3.30. The highest BCUT2D eigenvalue weighted by atomic mass is 32.2. The number of likely N-dealkylation sites (tertiary alicyclic amines) is 1. The minimum Gasteiger partial charge on any atom is -0.465 e. The Morgan fingerprint density at radius 3 is 2.31 bits per heavy atom. The van der Waals surface area contributed by atoms with Crippen LogP contribution < -0.4 is 4.72 Å². The number of sulfonamides is 1. The van der Waals surface area contributed by atoms with Gasteiger partial charge in [0.2, 0.25) is 10.0 Å². The summed E-state index contributed by atoms with van der Waals surface area (Å²) in [5.74, 6) is -0.922. The maximum absolute atomic E-state index is 12.8. The van der Waals surface area contributed by atoms with Crippen LogP contribution in [-0.2, 0) is 20.5 Å². The van der Waals surface area contributed by atoms with Crippen molar-refractivity contribution in [1.29, 1.82) is 0 Å². The van der Waals surface area contributed by atoms with Crippen LogP contribution in [0.2, 0.25) is 0 Å². The third-order valence-corrected chi connectivity index (χ3v) is 6.04. The Labute approximate surface area is 170 Å². The third kappa shape index (κ3) is 5.35. The Kier molecular flexibility index (Phi) is 6.53. The van der Waals surface area contributed by atoms with Gasteiger partial charge in [-0.1, -0.05) is 24.3 Å². The first-order valence-corrected chi connectivity index (χ1v) is 11.1. The highest BCUT2D eigenvalue weighted by molar-refractivity contribution is 7.91. The van der Waals surface area contributed by atoms with Crippen molar-refractivity contribution in [3.63, 3.8) is 0 Å². The van der Waals surface area contributed by atoms with E-state index in [0.29, 0.717) is 29.8 Å². The minimum absolute atomic E-state index is 0.162. The monoisotopic (exact) mass is 416 g/mol. The molecule has 0 aromatic heterocycles. The quantitative estimate of drug-likeness (QED) is 0.731. The predicted molar refractivity (Wildman–Crippen MR) is 110 cm³/mol. The third-order valence-electron chi connectivity index (χ3n) is 4.80. The number of para-hydroxylation sites is 1. The van der Waals surface area contributed by atoms with E-state index in [-0.39, 0.29) is 17.3 Å². The van der Waals surface area contributed by atoms with Gasteiger partial charge in [-0.05, 0) is 49.1 Å². The Morgan fingerprint density at radius 1 is 1.00 bits per heavy atom. The van der Waals surface area contributed by atoms with E-state index >= 15 is 0 Å². The second-order valence-corrected chi connectivity index (χ2v) is 8.67. The Hall–Kier alpha value is -2.87. The molecule has 2 aromatic rings. The van der Waals surface area contributed by atoms with E-state index in [2.05, 4.69) is 9.46 Å². The minimum atomic E-state index is -3.75. The number of rotatable bonds is 6. The van der Waals surface area contributed by atoms with E-state index in [9.17, 15) is 18.0 Å². The van der Waals surface area contributed by atoms with E-state index in [1.165, 1.54) is 19.2 Å². The van der Waals surface area contributed by atoms with Crippen LogP contribution in [0.3, 0.4) is 0 Å². The number of nitrogens with one attached hydrogen (secondary N) is 1. The highest BCUT2D eigenvalue weighted by Crippen LogP contribution is 2.22. The van der Waals surface area contributed by atoms with Gasteiger partial charge in [0, 0.05) is 13.1 Å². The average Bonchev–Trinajstić information content (AvgIpc) is 2.73. The van der Waals surface area contributed by atoms with Crippen LogP contribution in [0.15, 0.2) is 48.5 Å². The molecule has 2 aromatic carbocycles. The molecule has 1 amide bonds. The van der Waals surface area contributed by atoms with Gasteiger partial charge in [-0.25, -0.2) is 13.2 Å². The summed E-state index contributed by atoms with van der Waals surface area (Å²) in [6.45, 7) is 1.37. The molecule has 29 heavy (non-hydrogen) atoms. The van der Waals surface area contributed by atoms with Gasteiger partial charge in [-0.2, -0.15) is 0 Å². The van der Waals surface area contributed by atoms with E-state index < -0.39 is 16.0 Å². The average molecular weight is 416 g/mol. The highest BCUT2D eigenvalue weighted by Gasteiger charge is 2.22. The van der Waals surface area contributed by atoms with Gasteiger partial charge in [-0.15, -0.1) is 0 Å². The van der Waals surface area contributed by atoms with Crippen LogP contribution >= 0.6 is 0 Å². The standard InChI is InChI=1S/C21H24N2O5S/c1-28-21(25)17-11-9-16(10-12-17)15-29(26,27)22-19-8-4-3-7-18(19)20(24)23-13-5-2-6-14-23/h3-4,7-12,22H,2,5-6,13-15H2,1H3. The van der Waals surface area contributed by atoms with Crippen LogP contribution in [0.1, 0.15) is 45.5 Å². The number of hydrogen-bond acceptors (Lipinski definition) is 5. The van der Waals surface area contributed by atoms with Crippen LogP contribution in [-0.4, -0.2) is 45.4 Å². The number of piperidine rings is 1. The molecule has 0 saturated carbocycles. The van der Waals surface area contributed by atoms with Crippen molar-refractivity contribution >= 4 is 27.6 Å². The van der Waals surface area contributed by atoms with Crippen molar-refractivity contribution in [1.82, 2.24) is 4.90 Å². The van der Waals surface area contributed by atoms with Crippen molar-refractivity contribution in [3.8, 4) is 0 Å². The normalized spacial score (nSPS) is 14.3. The lowest BCUT2D eigenvalue weighted by atomic mass is 10.1. The van der Waals surface area contributed by atoms with Crippen molar-refractivity contribution < 1.29 is 22.7 Å². The van der Waals surface area contributed by atoms with Crippen LogP contribution in [0.25, 0.3) is 0 Å². The number of benzene rings is 2. The maximum atomic E-state index is 12.8.